The van der Waals surface area contributed by atoms with Crippen molar-refractivity contribution in [2.45, 2.75) is 49.9 Å². The second-order valence-corrected chi connectivity index (χ2v) is 8.43. The summed E-state index contributed by atoms with van der Waals surface area (Å²) in [6.07, 6.45) is 2.63. The molecule has 2 N–H and O–H groups in total. The molecule has 0 saturated heterocycles. The molecule has 148 valence electrons. The molecule has 1 aromatic carbocycles. The molecule has 1 atom stereocenters. The van der Waals surface area contributed by atoms with Crippen LogP contribution in [0.5, 0.6) is 5.75 Å². The molecule has 0 spiro atoms. The molecule has 7 nitrogen and oxygen atoms in total. The van der Waals surface area contributed by atoms with Crippen LogP contribution in [0.2, 0.25) is 0 Å². The summed E-state index contributed by atoms with van der Waals surface area (Å²) in [5, 5.41) is 13.8. The van der Waals surface area contributed by atoms with Crippen molar-refractivity contribution in [3.63, 3.8) is 0 Å². The molecule has 0 aliphatic heterocycles. The Labute approximate surface area is 158 Å². The van der Waals surface area contributed by atoms with Crippen LogP contribution in [0.1, 0.15) is 37.8 Å². The molecule has 2 aromatic rings. The van der Waals surface area contributed by atoms with Crippen molar-refractivity contribution in [2.75, 3.05) is 7.11 Å². The highest BCUT2D eigenvalue weighted by Gasteiger charge is 2.38. The van der Waals surface area contributed by atoms with Crippen molar-refractivity contribution >= 4 is 10.0 Å². The van der Waals surface area contributed by atoms with Gasteiger partial charge in [-0.1, -0.05) is 13.0 Å². The predicted octanol–water partition coefficient (Wildman–Crippen LogP) is 2.23. The van der Waals surface area contributed by atoms with Gasteiger partial charge in [-0.3, -0.25) is 4.68 Å². The Morgan fingerprint density at radius 1 is 1.41 bits per heavy atom. The monoisotopic (exact) mass is 397 g/mol. The summed E-state index contributed by atoms with van der Waals surface area (Å²) in [5.74, 6) is -0.588. The molecule has 9 heteroatoms. The number of nitrogens with zero attached hydrogens (tertiary/aromatic N) is 2. The van der Waals surface area contributed by atoms with Gasteiger partial charge in [0.25, 0.3) is 10.0 Å². The van der Waals surface area contributed by atoms with Crippen LogP contribution >= 0.6 is 0 Å². The normalized spacial score (nSPS) is 20.9. The van der Waals surface area contributed by atoms with E-state index in [2.05, 4.69) is 9.82 Å². The van der Waals surface area contributed by atoms with Gasteiger partial charge in [0.15, 0.2) is 16.6 Å². The topological polar surface area (TPSA) is 93.5 Å². The number of aromatic nitrogens is 2. The average molecular weight is 397 g/mol. The molecule has 27 heavy (non-hydrogen) atoms. The van der Waals surface area contributed by atoms with Crippen molar-refractivity contribution in [2.24, 2.45) is 5.92 Å². The number of aliphatic hydroxyl groups is 1. The first kappa shape index (κ1) is 19.8. The molecule has 0 bridgehead atoms. The molecule has 0 unspecified atom stereocenters. The van der Waals surface area contributed by atoms with Gasteiger partial charge in [-0.25, -0.2) is 17.5 Å². The fourth-order valence-electron chi connectivity index (χ4n) is 3.37. The second kappa shape index (κ2) is 7.95. The Kier molecular flexibility index (Phi) is 5.83. The van der Waals surface area contributed by atoms with E-state index < -0.39 is 28.0 Å². The molecule has 0 amide bonds. The zero-order valence-corrected chi connectivity index (χ0v) is 16.1. The Morgan fingerprint density at radius 2 is 2.15 bits per heavy atom. The Morgan fingerprint density at radius 3 is 2.74 bits per heavy atom. The first-order valence-electron chi connectivity index (χ1n) is 8.91. The van der Waals surface area contributed by atoms with E-state index in [1.807, 2.05) is 6.92 Å². The minimum atomic E-state index is -3.87. The number of ether oxygens (including phenoxy) is 1. The van der Waals surface area contributed by atoms with Gasteiger partial charge >= 0.3 is 0 Å². The van der Waals surface area contributed by atoms with Crippen molar-refractivity contribution in [1.29, 1.82) is 0 Å². The zero-order chi connectivity index (χ0) is 19.6. The van der Waals surface area contributed by atoms with Gasteiger partial charge in [-0.2, -0.15) is 5.10 Å². The maximum atomic E-state index is 14.2. The van der Waals surface area contributed by atoms with Gasteiger partial charge in [0.2, 0.25) is 0 Å². The van der Waals surface area contributed by atoms with Crippen LogP contribution in [0, 0.1) is 11.7 Å². The highest BCUT2D eigenvalue weighted by molar-refractivity contribution is 7.89. The minimum absolute atomic E-state index is 0.0724. The van der Waals surface area contributed by atoms with E-state index >= 15 is 0 Å². The van der Waals surface area contributed by atoms with E-state index in [9.17, 15) is 17.9 Å². The van der Waals surface area contributed by atoms with Crippen LogP contribution in [0.15, 0.2) is 35.5 Å². The number of hydrogen-bond donors (Lipinski definition) is 2. The van der Waals surface area contributed by atoms with Gasteiger partial charge in [0, 0.05) is 6.54 Å². The van der Waals surface area contributed by atoms with Gasteiger partial charge in [0.05, 0.1) is 25.5 Å². The fourth-order valence-corrected chi connectivity index (χ4v) is 4.81. The summed E-state index contributed by atoms with van der Waals surface area (Å²) in [4.78, 5) is 0. The lowest BCUT2D eigenvalue weighted by Gasteiger charge is -2.38. The molecule has 1 aliphatic rings. The number of hydrogen-bond acceptors (Lipinski definition) is 5. The van der Waals surface area contributed by atoms with Crippen LogP contribution in [-0.4, -0.2) is 36.5 Å². The molecule has 0 radical (unpaired) electrons. The minimum Gasteiger partial charge on any atom is -0.494 e. The van der Waals surface area contributed by atoms with E-state index in [0.29, 0.717) is 24.9 Å². The Bertz CT molecular complexity index is 894. The standard InChI is InChI=1S/C18H24FN3O4S/c1-3-8-22-17(6-7-20-22)27(24,25)21-18(13-9-14(23)10-13)12-4-5-16(26-2)15(19)11-12/h4-7,11,13-14,18,21,23H,3,8-10H2,1-2H3/t13?,14?,18-/m1/s1. The van der Waals surface area contributed by atoms with Crippen LogP contribution < -0.4 is 9.46 Å². The van der Waals surface area contributed by atoms with Crippen LogP contribution in [-0.2, 0) is 16.6 Å². The molecule has 1 aliphatic carbocycles. The zero-order valence-electron chi connectivity index (χ0n) is 15.3. The third-order valence-corrected chi connectivity index (χ3v) is 6.29. The van der Waals surface area contributed by atoms with Crippen LogP contribution in [0.3, 0.4) is 0 Å². The van der Waals surface area contributed by atoms with Crippen molar-refractivity contribution in [3.05, 3.63) is 41.8 Å². The number of aryl methyl sites for hydroxylation is 1. The number of halogens is 1. The number of sulfonamides is 1. The van der Waals surface area contributed by atoms with E-state index in [1.165, 1.54) is 36.2 Å². The summed E-state index contributed by atoms with van der Waals surface area (Å²) in [6, 6.07) is 5.19. The number of aliphatic hydroxyl groups excluding tert-OH is 1. The number of rotatable bonds is 8. The molecule has 1 saturated carbocycles. The highest BCUT2D eigenvalue weighted by Crippen LogP contribution is 2.39. The van der Waals surface area contributed by atoms with Crippen LogP contribution in [0.25, 0.3) is 0 Å². The second-order valence-electron chi connectivity index (χ2n) is 6.77. The predicted molar refractivity (Wildman–Crippen MR) is 97.3 cm³/mol. The van der Waals surface area contributed by atoms with E-state index in [1.54, 1.807) is 6.07 Å². The number of nitrogens with one attached hydrogen (secondary N) is 1. The smallest absolute Gasteiger partial charge is 0.258 e. The lowest BCUT2D eigenvalue weighted by Crippen LogP contribution is -2.41. The summed E-state index contributed by atoms with van der Waals surface area (Å²) in [6.45, 7) is 2.41. The quantitative estimate of drug-likeness (QED) is 0.713. The van der Waals surface area contributed by atoms with E-state index in [4.69, 9.17) is 4.74 Å². The van der Waals surface area contributed by atoms with Gasteiger partial charge in [-0.15, -0.1) is 0 Å². The molecule has 3 rings (SSSR count). The molecular formula is C18H24FN3O4S. The van der Waals surface area contributed by atoms with Gasteiger partial charge < -0.3 is 9.84 Å². The Hall–Kier alpha value is -1.97. The summed E-state index contributed by atoms with van der Waals surface area (Å²) >= 11 is 0. The van der Waals surface area contributed by atoms with Crippen molar-refractivity contribution < 1.29 is 22.7 Å². The third-order valence-electron chi connectivity index (χ3n) is 4.83. The highest BCUT2D eigenvalue weighted by atomic mass is 32.2. The van der Waals surface area contributed by atoms with Gasteiger partial charge in [0.1, 0.15) is 0 Å². The first-order valence-corrected chi connectivity index (χ1v) is 10.4. The fraction of sp³-hybridized carbons (Fsp3) is 0.500. The van der Waals surface area contributed by atoms with Gasteiger partial charge in [-0.05, 0) is 48.9 Å². The maximum absolute atomic E-state index is 14.2. The average Bonchev–Trinajstić information content (AvgIpc) is 3.07. The SMILES string of the molecule is CCCn1nccc1S(=O)(=O)N[C@H](c1ccc(OC)c(F)c1)C1CC(O)C1. The van der Waals surface area contributed by atoms with E-state index in [0.717, 1.165) is 6.42 Å². The Balaban J connectivity index is 1.92. The molecule has 1 aromatic heterocycles. The summed E-state index contributed by atoms with van der Waals surface area (Å²) < 4.78 is 49.1. The first-order chi connectivity index (χ1) is 12.9. The lowest BCUT2D eigenvalue weighted by atomic mass is 9.75. The van der Waals surface area contributed by atoms with Crippen molar-refractivity contribution in [1.82, 2.24) is 14.5 Å². The van der Waals surface area contributed by atoms with E-state index in [-0.39, 0.29) is 16.7 Å². The lowest BCUT2D eigenvalue weighted by molar-refractivity contribution is 0.0279. The maximum Gasteiger partial charge on any atom is 0.258 e. The molecule has 1 heterocycles. The summed E-state index contributed by atoms with van der Waals surface area (Å²) in [7, 11) is -2.50. The number of methoxy groups -OCH3 is 1. The number of benzene rings is 1. The molecular weight excluding hydrogens is 373 g/mol. The van der Waals surface area contributed by atoms with Crippen LogP contribution in [0.4, 0.5) is 4.39 Å². The largest absolute Gasteiger partial charge is 0.494 e. The third kappa shape index (κ3) is 4.15. The summed E-state index contributed by atoms with van der Waals surface area (Å²) in [5.41, 5.74) is 0.496. The van der Waals surface area contributed by atoms with Crippen molar-refractivity contribution in [3.8, 4) is 5.75 Å². The molecule has 1 fully saturated rings.